The first-order valence-electron chi connectivity index (χ1n) is 9.91. The van der Waals surface area contributed by atoms with Crippen LogP contribution in [0.4, 0.5) is 0 Å². The van der Waals surface area contributed by atoms with Crippen molar-refractivity contribution in [2.45, 2.75) is 25.9 Å². The fourth-order valence-corrected chi connectivity index (χ4v) is 3.58. The van der Waals surface area contributed by atoms with Crippen molar-refractivity contribution in [1.82, 2.24) is 0 Å². The summed E-state index contributed by atoms with van der Waals surface area (Å²) in [7, 11) is 0. The maximum atomic E-state index is 13.2. The minimum absolute atomic E-state index is 0.264. The van der Waals surface area contributed by atoms with Crippen LogP contribution < -0.4 is 9.47 Å². The number of rotatable bonds is 6. The van der Waals surface area contributed by atoms with Gasteiger partial charge in [-0.2, -0.15) is 0 Å². The van der Waals surface area contributed by atoms with E-state index in [0.29, 0.717) is 29.4 Å². The molecule has 1 aliphatic heterocycles. The van der Waals surface area contributed by atoms with E-state index in [4.69, 9.17) is 14.2 Å². The van der Waals surface area contributed by atoms with Gasteiger partial charge in [-0.1, -0.05) is 36.4 Å². The highest BCUT2D eigenvalue weighted by molar-refractivity contribution is 6.00. The summed E-state index contributed by atoms with van der Waals surface area (Å²) in [6.45, 7) is 4.04. The number of ketones is 1. The lowest BCUT2D eigenvalue weighted by atomic mass is 9.88. The van der Waals surface area contributed by atoms with Crippen LogP contribution in [0.2, 0.25) is 0 Å². The Labute approximate surface area is 175 Å². The first-order valence-corrected chi connectivity index (χ1v) is 9.91. The van der Waals surface area contributed by atoms with Crippen molar-refractivity contribution < 1.29 is 23.8 Å². The maximum Gasteiger partial charge on any atom is 0.318 e. The number of esters is 1. The van der Waals surface area contributed by atoms with Gasteiger partial charge in [0.25, 0.3) is 0 Å². The summed E-state index contributed by atoms with van der Waals surface area (Å²) in [4.78, 5) is 25.9. The van der Waals surface area contributed by atoms with Crippen molar-refractivity contribution in [1.29, 1.82) is 0 Å². The number of Topliss-reactive ketones (excluding diaryl/α,β-unsaturated/α-hetero) is 1. The molecule has 0 N–H and O–H groups in total. The first kappa shape index (κ1) is 19.7. The predicted molar refractivity (Wildman–Crippen MR) is 112 cm³/mol. The lowest BCUT2D eigenvalue weighted by molar-refractivity contribution is -0.147. The van der Waals surface area contributed by atoms with Crippen molar-refractivity contribution in [3.63, 3.8) is 0 Å². The third kappa shape index (κ3) is 3.79. The van der Waals surface area contributed by atoms with Gasteiger partial charge >= 0.3 is 5.97 Å². The van der Waals surface area contributed by atoms with Crippen molar-refractivity contribution in [3.8, 4) is 17.2 Å². The first-order chi connectivity index (χ1) is 14.6. The lowest BCUT2D eigenvalue weighted by Gasteiger charge is -2.27. The highest BCUT2D eigenvalue weighted by Crippen LogP contribution is 2.44. The molecule has 3 aromatic rings. The molecule has 1 atom stereocenters. The van der Waals surface area contributed by atoms with Crippen LogP contribution in [0.15, 0.2) is 72.8 Å². The zero-order valence-electron chi connectivity index (χ0n) is 16.8. The second-order valence-corrected chi connectivity index (χ2v) is 7.01. The summed E-state index contributed by atoms with van der Waals surface area (Å²) in [6, 6.07) is 21.6. The van der Waals surface area contributed by atoms with E-state index in [1.807, 2.05) is 55.5 Å². The molecule has 4 rings (SSSR count). The van der Waals surface area contributed by atoms with Gasteiger partial charge in [0.15, 0.2) is 6.10 Å². The van der Waals surface area contributed by atoms with Crippen LogP contribution in [0.3, 0.4) is 0 Å². The van der Waals surface area contributed by atoms with Crippen LogP contribution in [-0.2, 0) is 9.53 Å². The molecule has 0 amide bonds. The van der Waals surface area contributed by atoms with Gasteiger partial charge in [-0.05, 0) is 50.2 Å². The zero-order valence-corrected chi connectivity index (χ0v) is 16.8. The molecule has 1 heterocycles. The van der Waals surface area contributed by atoms with Crippen molar-refractivity contribution in [2.75, 3.05) is 6.61 Å². The molecule has 0 saturated heterocycles. The molecular weight excluding hydrogens is 380 g/mol. The number of hydrogen-bond acceptors (Lipinski definition) is 5. The van der Waals surface area contributed by atoms with E-state index < -0.39 is 18.0 Å². The Morgan fingerprint density at radius 3 is 2.03 bits per heavy atom. The standard InChI is InChI=1S/C25H22O5/c1-3-28-18-14-12-17(13-15-18)24(26)16(2)29-25(27)23-19-8-4-6-10-21(19)30-22-11-7-5-9-20(22)23/h4-16,23H,3H2,1-2H3/t16-/m0/s1. The molecule has 0 spiro atoms. The molecular formula is C25H22O5. The minimum Gasteiger partial charge on any atom is -0.494 e. The smallest absolute Gasteiger partial charge is 0.318 e. The number of ether oxygens (including phenoxy) is 3. The molecule has 0 aromatic heterocycles. The van der Waals surface area contributed by atoms with E-state index in [0.717, 1.165) is 11.1 Å². The van der Waals surface area contributed by atoms with E-state index in [9.17, 15) is 9.59 Å². The Hall–Kier alpha value is -3.60. The normalized spacial score (nSPS) is 13.4. The number of benzene rings is 3. The van der Waals surface area contributed by atoms with Gasteiger partial charge in [-0.15, -0.1) is 0 Å². The molecule has 5 nitrogen and oxygen atoms in total. The number of fused-ring (bicyclic) bond motifs is 2. The van der Waals surface area contributed by atoms with Gasteiger partial charge in [0.2, 0.25) is 5.78 Å². The van der Waals surface area contributed by atoms with Crippen LogP contribution in [0.25, 0.3) is 0 Å². The zero-order chi connectivity index (χ0) is 21.1. The quantitative estimate of drug-likeness (QED) is 0.422. The van der Waals surface area contributed by atoms with Crippen molar-refractivity contribution in [3.05, 3.63) is 89.5 Å². The van der Waals surface area contributed by atoms with Gasteiger partial charge in [0.1, 0.15) is 23.2 Å². The van der Waals surface area contributed by atoms with Crippen molar-refractivity contribution >= 4 is 11.8 Å². The highest BCUT2D eigenvalue weighted by Gasteiger charge is 2.35. The van der Waals surface area contributed by atoms with E-state index in [-0.39, 0.29) is 5.78 Å². The van der Waals surface area contributed by atoms with Crippen LogP contribution in [0, 0.1) is 0 Å². The maximum absolute atomic E-state index is 13.2. The summed E-state index contributed by atoms with van der Waals surface area (Å²) in [5.74, 6) is 0.521. The molecule has 0 fully saturated rings. The van der Waals surface area contributed by atoms with Crippen LogP contribution in [0.1, 0.15) is 41.3 Å². The number of para-hydroxylation sites is 2. The summed E-state index contributed by atoms with van der Waals surface area (Å²) in [6.07, 6.45) is -0.919. The summed E-state index contributed by atoms with van der Waals surface area (Å²) in [5, 5.41) is 0. The van der Waals surface area contributed by atoms with Gasteiger partial charge in [-0.25, -0.2) is 0 Å². The van der Waals surface area contributed by atoms with Gasteiger partial charge in [0, 0.05) is 16.7 Å². The molecule has 1 aliphatic rings. The van der Waals surface area contributed by atoms with Gasteiger partial charge < -0.3 is 14.2 Å². The molecule has 0 saturated carbocycles. The van der Waals surface area contributed by atoms with E-state index in [1.165, 1.54) is 0 Å². The monoisotopic (exact) mass is 402 g/mol. The average Bonchev–Trinajstić information content (AvgIpc) is 2.77. The summed E-state index contributed by atoms with van der Waals surface area (Å²) >= 11 is 0. The fraction of sp³-hybridized carbons (Fsp3) is 0.200. The Morgan fingerprint density at radius 1 is 0.900 bits per heavy atom. The Bertz CT molecular complexity index is 1030. The largest absolute Gasteiger partial charge is 0.494 e. The van der Waals surface area contributed by atoms with Crippen molar-refractivity contribution in [2.24, 2.45) is 0 Å². The number of hydrogen-bond donors (Lipinski definition) is 0. The molecule has 0 bridgehead atoms. The predicted octanol–water partition coefficient (Wildman–Crippen LogP) is 5.14. The van der Waals surface area contributed by atoms with Gasteiger partial charge in [-0.3, -0.25) is 9.59 Å². The molecule has 3 aromatic carbocycles. The number of carbonyl (C=O) groups excluding carboxylic acids is 2. The van der Waals surface area contributed by atoms with Crippen LogP contribution >= 0.6 is 0 Å². The van der Waals surface area contributed by atoms with Crippen LogP contribution in [0.5, 0.6) is 17.2 Å². The molecule has 152 valence electrons. The molecule has 5 heteroatoms. The topological polar surface area (TPSA) is 61.8 Å². The third-order valence-corrected chi connectivity index (χ3v) is 5.03. The van der Waals surface area contributed by atoms with Gasteiger partial charge in [0.05, 0.1) is 6.61 Å². The second kappa shape index (κ2) is 8.41. The lowest BCUT2D eigenvalue weighted by Crippen LogP contribution is -2.29. The average molecular weight is 402 g/mol. The Kier molecular flexibility index (Phi) is 5.53. The summed E-state index contributed by atoms with van der Waals surface area (Å²) < 4.78 is 16.9. The second-order valence-electron chi connectivity index (χ2n) is 7.01. The van der Waals surface area contributed by atoms with E-state index >= 15 is 0 Å². The van der Waals surface area contributed by atoms with Crippen LogP contribution in [-0.4, -0.2) is 24.5 Å². The summed E-state index contributed by atoms with van der Waals surface area (Å²) in [5.41, 5.74) is 1.91. The Balaban J connectivity index is 1.56. The molecule has 30 heavy (non-hydrogen) atoms. The number of carbonyl (C=O) groups is 2. The third-order valence-electron chi connectivity index (χ3n) is 5.03. The van der Waals surface area contributed by atoms with E-state index in [2.05, 4.69) is 0 Å². The molecule has 0 unspecified atom stereocenters. The highest BCUT2D eigenvalue weighted by atomic mass is 16.5. The fourth-order valence-electron chi connectivity index (χ4n) is 3.58. The Morgan fingerprint density at radius 2 is 1.47 bits per heavy atom. The SMILES string of the molecule is CCOc1ccc(C(=O)[C@H](C)OC(=O)C2c3ccccc3Oc3ccccc32)cc1. The van der Waals surface area contributed by atoms with E-state index in [1.54, 1.807) is 31.2 Å². The molecule has 0 radical (unpaired) electrons. The molecule has 0 aliphatic carbocycles. The minimum atomic E-state index is -0.919.